The van der Waals surface area contributed by atoms with Crippen molar-refractivity contribution in [1.29, 1.82) is 0 Å². The fourth-order valence-corrected chi connectivity index (χ4v) is 3.00. The monoisotopic (exact) mass is 304 g/mol. The Labute approximate surface area is 133 Å². The molecule has 4 heteroatoms. The van der Waals surface area contributed by atoms with E-state index in [-0.39, 0.29) is 11.9 Å². The van der Waals surface area contributed by atoms with Gasteiger partial charge in [-0.2, -0.15) is 0 Å². The zero-order valence-electron chi connectivity index (χ0n) is 13.7. The lowest BCUT2D eigenvalue weighted by Crippen LogP contribution is -2.48. The molecule has 0 radical (unpaired) electrons. The molecule has 1 aliphatic heterocycles. The second kappa shape index (κ2) is 7.75. The van der Waals surface area contributed by atoms with Crippen LogP contribution in [0, 0.1) is 0 Å². The molecule has 2 rings (SSSR count). The maximum atomic E-state index is 12.5. The van der Waals surface area contributed by atoms with Gasteiger partial charge in [0.25, 0.3) is 0 Å². The first-order valence-electron chi connectivity index (χ1n) is 8.36. The number of carbonyl (C=O) groups is 1. The van der Waals surface area contributed by atoms with E-state index in [1.165, 1.54) is 5.56 Å². The van der Waals surface area contributed by atoms with Crippen LogP contribution in [-0.4, -0.2) is 40.6 Å². The average molecular weight is 304 g/mol. The third-order valence-electron chi connectivity index (χ3n) is 4.80. The van der Waals surface area contributed by atoms with Crippen molar-refractivity contribution in [3.05, 3.63) is 35.9 Å². The molecule has 1 unspecified atom stereocenters. The number of hydrogen-bond acceptors (Lipinski definition) is 3. The maximum absolute atomic E-state index is 12.5. The summed E-state index contributed by atoms with van der Waals surface area (Å²) in [6.07, 6.45) is 3.26. The second-order valence-corrected chi connectivity index (χ2v) is 6.26. The molecule has 0 aliphatic carbocycles. The van der Waals surface area contributed by atoms with Gasteiger partial charge in [0.1, 0.15) is 0 Å². The van der Waals surface area contributed by atoms with Crippen LogP contribution in [0.3, 0.4) is 0 Å². The summed E-state index contributed by atoms with van der Waals surface area (Å²) in [5, 5.41) is 13.2. The lowest BCUT2D eigenvalue weighted by molar-refractivity contribution is -0.127. The summed E-state index contributed by atoms with van der Waals surface area (Å²) in [7, 11) is 0. The van der Waals surface area contributed by atoms with Crippen molar-refractivity contribution in [3.63, 3.8) is 0 Å². The molecule has 1 saturated heterocycles. The molecule has 2 N–H and O–H groups in total. The molecule has 4 nitrogen and oxygen atoms in total. The van der Waals surface area contributed by atoms with Gasteiger partial charge in [-0.05, 0) is 37.8 Å². The predicted octanol–water partition coefficient (Wildman–Crippen LogP) is 2.32. The van der Waals surface area contributed by atoms with Gasteiger partial charge >= 0.3 is 0 Å². The van der Waals surface area contributed by atoms with E-state index in [0.717, 1.165) is 25.9 Å². The number of likely N-dealkylation sites (tertiary alicyclic amines) is 1. The molecule has 0 spiro atoms. The number of carbonyl (C=O) groups excluding carboxylic acids is 1. The van der Waals surface area contributed by atoms with Crippen LogP contribution < -0.4 is 5.32 Å². The molecule has 1 fully saturated rings. The van der Waals surface area contributed by atoms with Crippen LogP contribution in [0.25, 0.3) is 0 Å². The SMILES string of the molecule is CCC(O)(CC)CNC(=O)C1CCCN1Cc1ccccc1. The number of hydrogen-bond donors (Lipinski definition) is 2. The van der Waals surface area contributed by atoms with E-state index >= 15 is 0 Å². The molecular weight excluding hydrogens is 276 g/mol. The quantitative estimate of drug-likeness (QED) is 0.813. The fourth-order valence-electron chi connectivity index (χ4n) is 3.00. The molecule has 122 valence electrons. The topological polar surface area (TPSA) is 52.6 Å². The predicted molar refractivity (Wildman–Crippen MR) is 88.4 cm³/mol. The normalized spacial score (nSPS) is 19.3. The number of amides is 1. The molecule has 0 aromatic heterocycles. The van der Waals surface area contributed by atoms with Gasteiger partial charge in [-0.25, -0.2) is 0 Å². The van der Waals surface area contributed by atoms with E-state index in [9.17, 15) is 9.90 Å². The van der Waals surface area contributed by atoms with Crippen LogP contribution in [0.4, 0.5) is 0 Å². The maximum Gasteiger partial charge on any atom is 0.237 e. The molecule has 1 heterocycles. The summed E-state index contributed by atoms with van der Waals surface area (Å²) in [6.45, 7) is 6.01. The van der Waals surface area contributed by atoms with Crippen LogP contribution in [-0.2, 0) is 11.3 Å². The van der Waals surface area contributed by atoms with Crippen molar-refractivity contribution in [1.82, 2.24) is 10.2 Å². The number of benzene rings is 1. The Morgan fingerprint density at radius 1 is 1.32 bits per heavy atom. The molecule has 22 heavy (non-hydrogen) atoms. The molecule has 1 amide bonds. The largest absolute Gasteiger partial charge is 0.388 e. The first kappa shape index (κ1) is 17.0. The molecule has 1 aliphatic rings. The standard InChI is InChI=1S/C18H28N2O2/c1-3-18(22,4-2)14-19-17(21)16-11-8-12-20(16)13-15-9-6-5-7-10-15/h5-7,9-10,16,22H,3-4,8,11-14H2,1-2H3,(H,19,21). The Bertz CT molecular complexity index is 471. The van der Waals surface area contributed by atoms with E-state index in [0.29, 0.717) is 19.4 Å². The van der Waals surface area contributed by atoms with Crippen molar-refractivity contribution in [2.75, 3.05) is 13.1 Å². The lowest BCUT2D eigenvalue weighted by atomic mass is 9.97. The summed E-state index contributed by atoms with van der Waals surface area (Å²) < 4.78 is 0. The van der Waals surface area contributed by atoms with Crippen molar-refractivity contribution in [2.24, 2.45) is 0 Å². The van der Waals surface area contributed by atoms with Gasteiger partial charge in [0, 0.05) is 13.1 Å². The van der Waals surface area contributed by atoms with Crippen molar-refractivity contribution >= 4 is 5.91 Å². The van der Waals surface area contributed by atoms with Crippen molar-refractivity contribution in [2.45, 2.75) is 57.7 Å². The highest BCUT2D eigenvalue weighted by atomic mass is 16.3. The highest BCUT2D eigenvalue weighted by Crippen LogP contribution is 2.21. The highest BCUT2D eigenvalue weighted by Gasteiger charge is 2.32. The van der Waals surface area contributed by atoms with E-state index in [1.807, 2.05) is 32.0 Å². The third kappa shape index (κ3) is 4.31. The van der Waals surface area contributed by atoms with Gasteiger partial charge in [-0.15, -0.1) is 0 Å². The van der Waals surface area contributed by atoms with Crippen LogP contribution in [0.1, 0.15) is 45.1 Å². The van der Waals surface area contributed by atoms with Gasteiger partial charge in [-0.1, -0.05) is 44.2 Å². The highest BCUT2D eigenvalue weighted by molar-refractivity contribution is 5.82. The summed E-state index contributed by atoms with van der Waals surface area (Å²) in [4.78, 5) is 14.7. The van der Waals surface area contributed by atoms with Crippen LogP contribution in [0.15, 0.2) is 30.3 Å². The third-order valence-corrected chi connectivity index (χ3v) is 4.80. The first-order valence-corrected chi connectivity index (χ1v) is 8.36. The van der Waals surface area contributed by atoms with Crippen molar-refractivity contribution < 1.29 is 9.90 Å². The smallest absolute Gasteiger partial charge is 0.237 e. The summed E-state index contributed by atoms with van der Waals surface area (Å²) >= 11 is 0. The summed E-state index contributed by atoms with van der Waals surface area (Å²) in [5.41, 5.74) is 0.458. The average Bonchev–Trinajstić information content (AvgIpc) is 3.01. The Morgan fingerprint density at radius 2 is 2.00 bits per heavy atom. The zero-order chi connectivity index (χ0) is 16.0. The van der Waals surface area contributed by atoms with E-state index in [4.69, 9.17) is 0 Å². The number of nitrogens with zero attached hydrogens (tertiary/aromatic N) is 1. The molecule has 0 bridgehead atoms. The van der Waals surface area contributed by atoms with Gasteiger partial charge in [0.15, 0.2) is 0 Å². The first-order chi connectivity index (χ1) is 10.6. The second-order valence-electron chi connectivity index (χ2n) is 6.26. The zero-order valence-corrected chi connectivity index (χ0v) is 13.7. The van der Waals surface area contributed by atoms with Gasteiger partial charge < -0.3 is 10.4 Å². The van der Waals surface area contributed by atoms with Gasteiger partial charge in [0.2, 0.25) is 5.91 Å². The van der Waals surface area contributed by atoms with E-state index in [1.54, 1.807) is 0 Å². The minimum absolute atomic E-state index is 0.0498. The van der Waals surface area contributed by atoms with Gasteiger partial charge in [0.05, 0.1) is 11.6 Å². The minimum atomic E-state index is -0.779. The number of rotatable bonds is 7. The lowest BCUT2D eigenvalue weighted by Gasteiger charge is -2.28. The fraction of sp³-hybridized carbons (Fsp3) is 0.611. The molecule has 1 aromatic rings. The molecule has 0 saturated carbocycles. The van der Waals surface area contributed by atoms with Crippen LogP contribution >= 0.6 is 0 Å². The molecular formula is C18H28N2O2. The number of nitrogens with one attached hydrogen (secondary N) is 1. The molecule has 1 atom stereocenters. The number of aliphatic hydroxyl groups is 1. The Hall–Kier alpha value is -1.39. The van der Waals surface area contributed by atoms with Crippen LogP contribution in [0.2, 0.25) is 0 Å². The Kier molecular flexibility index (Phi) is 5.98. The Morgan fingerprint density at radius 3 is 2.64 bits per heavy atom. The van der Waals surface area contributed by atoms with Gasteiger partial charge in [-0.3, -0.25) is 9.69 Å². The minimum Gasteiger partial charge on any atom is -0.388 e. The summed E-state index contributed by atoms with van der Waals surface area (Å²) in [6, 6.07) is 10.2. The van der Waals surface area contributed by atoms with Crippen LogP contribution in [0.5, 0.6) is 0 Å². The summed E-state index contributed by atoms with van der Waals surface area (Å²) in [5.74, 6) is 0.0498. The van der Waals surface area contributed by atoms with E-state index in [2.05, 4.69) is 22.3 Å². The molecule has 1 aromatic carbocycles. The van der Waals surface area contributed by atoms with Crippen molar-refractivity contribution in [3.8, 4) is 0 Å². The Balaban J connectivity index is 1.91. The van der Waals surface area contributed by atoms with E-state index < -0.39 is 5.60 Å².